The number of hydrogen-bond acceptors (Lipinski definition) is 0. The maximum Gasteiger partial charge on any atom is -0.0231 e. The van der Waals surface area contributed by atoms with Crippen molar-refractivity contribution in [3.63, 3.8) is 0 Å². The van der Waals surface area contributed by atoms with Crippen LogP contribution in [0, 0.1) is 0 Å². The monoisotopic (exact) mass is 264 g/mol. The first-order chi connectivity index (χ1) is 9.81. The Balaban J connectivity index is 0.000000200. The molecule has 0 N–H and O–H groups in total. The molecule has 0 radical (unpaired) electrons. The van der Waals surface area contributed by atoms with Crippen molar-refractivity contribution in [1.82, 2.24) is 0 Å². The van der Waals surface area contributed by atoms with Gasteiger partial charge >= 0.3 is 0 Å². The Labute approximate surface area is 123 Å². The molecule has 0 aliphatic carbocycles. The van der Waals surface area contributed by atoms with Crippen LogP contribution >= 0.6 is 0 Å². The lowest BCUT2D eigenvalue weighted by atomic mass is 10.1. The van der Waals surface area contributed by atoms with Gasteiger partial charge in [0, 0.05) is 0 Å². The third-order valence-electron chi connectivity index (χ3n) is 3.00. The molecule has 0 amide bonds. The normalized spacial score (nSPS) is 9.90. The molecule has 20 heavy (non-hydrogen) atoms. The highest BCUT2D eigenvalue weighted by molar-refractivity contribution is 5.51. The maximum absolute atomic E-state index is 3.74. The lowest BCUT2D eigenvalue weighted by Gasteiger charge is -1.99. The molecule has 0 unspecified atom stereocenters. The minimum atomic E-state index is 1.09. The van der Waals surface area contributed by atoms with Gasteiger partial charge in [-0.1, -0.05) is 93.3 Å². The van der Waals surface area contributed by atoms with Crippen LogP contribution < -0.4 is 0 Å². The fourth-order valence-corrected chi connectivity index (χ4v) is 1.87. The zero-order valence-electron chi connectivity index (χ0n) is 12.5. The molecule has 0 aliphatic rings. The number of allylic oxidation sites excluding steroid dienone is 1. The van der Waals surface area contributed by atoms with Crippen molar-refractivity contribution in [2.75, 3.05) is 0 Å². The molecule has 0 heteroatoms. The van der Waals surface area contributed by atoms with Crippen LogP contribution in [0.4, 0.5) is 0 Å². The summed E-state index contributed by atoms with van der Waals surface area (Å²) in [6.07, 6.45) is 8.39. The highest BCUT2D eigenvalue weighted by atomic mass is 14.0. The second kappa shape index (κ2) is 9.80. The fourth-order valence-electron chi connectivity index (χ4n) is 1.87. The van der Waals surface area contributed by atoms with Gasteiger partial charge in [-0.05, 0) is 29.5 Å². The van der Waals surface area contributed by atoms with Gasteiger partial charge in [-0.2, -0.15) is 0 Å². The topological polar surface area (TPSA) is 0 Å². The SMILES string of the molecule is C=Cc1ccccc1CC.CCC=Cc1ccccc1. The van der Waals surface area contributed by atoms with E-state index in [0.29, 0.717) is 0 Å². The van der Waals surface area contributed by atoms with Gasteiger partial charge in [-0.15, -0.1) is 0 Å². The first-order valence-corrected chi connectivity index (χ1v) is 7.23. The summed E-state index contributed by atoms with van der Waals surface area (Å²) in [6.45, 7) is 8.03. The van der Waals surface area contributed by atoms with Crippen LogP contribution in [0.15, 0.2) is 67.3 Å². The molecule has 104 valence electrons. The quantitative estimate of drug-likeness (QED) is 0.635. The van der Waals surface area contributed by atoms with E-state index in [-0.39, 0.29) is 0 Å². The molecule has 2 aromatic rings. The van der Waals surface area contributed by atoms with E-state index in [4.69, 9.17) is 0 Å². The number of hydrogen-bond donors (Lipinski definition) is 0. The summed E-state index contributed by atoms with van der Waals surface area (Å²) in [5.41, 5.74) is 3.91. The summed E-state index contributed by atoms with van der Waals surface area (Å²) in [7, 11) is 0. The fraction of sp³-hybridized carbons (Fsp3) is 0.200. The van der Waals surface area contributed by atoms with Crippen LogP contribution in [0.3, 0.4) is 0 Å². The molecule has 0 heterocycles. The molecule has 0 aromatic heterocycles. The van der Waals surface area contributed by atoms with E-state index in [1.165, 1.54) is 16.7 Å². The van der Waals surface area contributed by atoms with Crippen molar-refractivity contribution in [3.05, 3.63) is 83.9 Å². The Bertz CT molecular complexity index is 521. The van der Waals surface area contributed by atoms with Gasteiger partial charge in [-0.3, -0.25) is 0 Å². The molecule has 0 spiro atoms. The average molecular weight is 264 g/mol. The van der Waals surface area contributed by atoms with Crippen molar-refractivity contribution in [3.8, 4) is 0 Å². The number of rotatable bonds is 4. The predicted octanol–water partition coefficient (Wildman–Crippen LogP) is 6.00. The third kappa shape index (κ3) is 5.71. The van der Waals surface area contributed by atoms with Crippen molar-refractivity contribution in [2.45, 2.75) is 26.7 Å². The molecule has 0 atom stereocenters. The summed E-state index contributed by atoms with van der Waals surface area (Å²) in [6, 6.07) is 18.7. The van der Waals surface area contributed by atoms with Crippen molar-refractivity contribution < 1.29 is 0 Å². The van der Waals surface area contributed by atoms with E-state index in [1.54, 1.807) is 0 Å². The van der Waals surface area contributed by atoms with Crippen molar-refractivity contribution in [2.24, 2.45) is 0 Å². The van der Waals surface area contributed by atoms with Gasteiger partial charge in [0.15, 0.2) is 0 Å². The molecule has 0 aliphatic heterocycles. The molecular weight excluding hydrogens is 240 g/mol. The van der Waals surface area contributed by atoms with Crippen LogP contribution in [0.2, 0.25) is 0 Å². The zero-order valence-corrected chi connectivity index (χ0v) is 12.5. The average Bonchev–Trinajstić information content (AvgIpc) is 2.54. The summed E-state index contributed by atoms with van der Waals surface area (Å²) >= 11 is 0. The molecule has 0 fully saturated rings. The van der Waals surface area contributed by atoms with Gasteiger partial charge in [0.25, 0.3) is 0 Å². The molecular formula is C20H24. The Hall–Kier alpha value is -2.08. The van der Waals surface area contributed by atoms with Crippen LogP contribution in [-0.2, 0) is 6.42 Å². The first kappa shape index (κ1) is 16.0. The van der Waals surface area contributed by atoms with Crippen LogP contribution in [0.5, 0.6) is 0 Å². The highest BCUT2D eigenvalue weighted by Crippen LogP contribution is 2.09. The molecule has 0 saturated carbocycles. The van der Waals surface area contributed by atoms with Gasteiger partial charge in [0.05, 0.1) is 0 Å². The molecule has 0 bridgehead atoms. The van der Waals surface area contributed by atoms with E-state index >= 15 is 0 Å². The molecule has 0 nitrogen and oxygen atoms in total. The third-order valence-corrected chi connectivity index (χ3v) is 3.00. The minimum absolute atomic E-state index is 1.09. The highest BCUT2D eigenvalue weighted by Gasteiger charge is 1.91. The standard InChI is InChI=1S/2C10H12/c1-3-9-7-5-6-8-10(9)4-2;1-2-3-7-10-8-5-4-6-9-10/h3,5-8H,1,4H2,2H3;3-9H,2H2,1H3. The van der Waals surface area contributed by atoms with Crippen LogP contribution in [0.1, 0.15) is 37.0 Å². The van der Waals surface area contributed by atoms with Gasteiger partial charge in [0.2, 0.25) is 0 Å². The van der Waals surface area contributed by atoms with Gasteiger partial charge < -0.3 is 0 Å². The zero-order chi connectivity index (χ0) is 14.6. The maximum atomic E-state index is 3.74. The van der Waals surface area contributed by atoms with Crippen LogP contribution in [0.25, 0.3) is 12.2 Å². The minimum Gasteiger partial charge on any atom is -0.0985 e. The van der Waals surface area contributed by atoms with Gasteiger partial charge in [0.1, 0.15) is 0 Å². The summed E-state index contributed by atoms with van der Waals surface area (Å²) in [4.78, 5) is 0. The Morgan fingerprint density at radius 3 is 2.10 bits per heavy atom. The van der Waals surface area contributed by atoms with E-state index < -0.39 is 0 Å². The summed E-state index contributed by atoms with van der Waals surface area (Å²) in [5, 5.41) is 0. The predicted molar refractivity (Wildman–Crippen MR) is 91.7 cm³/mol. The van der Waals surface area contributed by atoms with Crippen LogP contribution in [-0.4, -0.2) is 0 Å². The van der Waals surface area contributed by atoms with E-state index in [1.807, 2.05) is 18.2 Å². The van der Waals surface area contributed by atoms with Crippen molar-refractivity contribution >= 4 is 12.2 Å². The van der Waals surface area contributed by atoms with Crippen molar-refractivity contribution in [1.29, 1.82) is 0 Å². The Kier molecular flexibility index (Phi) is 7.83. The largest absolute Gasteiger partial charge is 0.0985 e. The molecule has 2 aromatic carbocycles. The second-order valence-electron chi connectivity index (χ2n) is 4.48. The Morgan fingerprint density at radius 1 is 0.900 bits per heavy atom. The number of aryl methyl sites for hydroxylation is 1. The lowest BCUT2D eigenvalue weighted by Crippen LogP contribution is -1.83. The van der Waals surface area contributed by atoms with E-state index in [0.717, 1.165) is 12.8 Å². The Morgan fingerprint density at radius 2 is 1.55 bits per heavy atom. The van der Waals surface area contributed by atoms with Gasteiger partial charge in [-0.25, -0.2) is 0 Å². The first-order valence-electron chi connectivity index (χ1n) is 7.23. The van der Waals surface area contributed by atoms with E-state index in [9.17, 15) is 0 Å². The number of benzene rings is 2. The smallest absolute Gasteiger partial charge is 0.0231 e. The summed E-state index contributed by atoms with van der Waals surface area (Å²) < 4.78 is 0. The lowest BCUT2D eigenvalue weighted by molar-refractivity contribution is 1.13. The molecule has 2 rings (SSSR count). The summed E-state index contributed by atoms with van der Waals surface area (Å²) in [5.74, 6) is 0. The second-order valence-corrected chi connectivity index (χ2v) is 4.48. The van der Waals surface area contributed by atoms with E-state index in [2.05, 4.69) is 75.0 Å². The molecule has 0 saturated heterocycles.